The molecule has 110 valence electrons. The van der Waals surface area contributed by atoms with Crippen LogP contribution in [0.4, 0.5) is 4.79 Å². The van der Waals surface area contributed by atoms with E-state index in [2.05, 4.69) is 50.7 Å². The minimum Gasteiger partial charge on any atom is -0.333 e. The third-order valence-corrected chi connectivity index (χ3v) is 3.73. The Kier molecular flexibility index (Phi) is 5.23. The summed E-state index contributed by atoms with van der Waals surface area (Å²) in [5.74, 6) is 1.46. The van der Waals surface area contributed by atoms with Crippen molar-refractivity contribution in [2.24, 2.45) is 5.92 Å². The van der Waals surface area contributed by atoms with E-state index in [-0.39, 0.29) is 6.03 Å². The van der Waals surface area contributed by atoms with Gasteiger partial charge in [0.2, 0.25) is 0 Å². The molecule has 1 aromatic rings. The Balaban J connectivity index is 1.87. The molecule has 0 saturated heterocycles. The summed E-state index contributed by atoms with van der Waals surface area (Å²) in [5.41, 5.74) is 0. The van der Waals surface area contributed by atoms with Gasteiger partial charge in [-0.15, -0.1) is 0 Å². The molecule has 20 heavy (non-hydrogen) atoms. The van der Waals surface area contributed by atoms with Crippen LogP contribution in [0.2, 0.25) is 0 Å². The summed E-state index contributed by atoms with van der Waals surface area (Å²) in [6, 6.07) is -0.0332. The molecule has 1 aliphatic rings. The quantitative estimate of drug-likeness (QED) is 0.916. The van der Waals surface area contributed by atoms with E-state index < -0.39 is 0 Å². The first kappa shape index (κ1) is 15.1. The second-order valence-corrected chi connectivity index (χ2v) is 6.43. The normalized spacial score (nSPS) is 15.4. The smallest absolute Gasteiger partial charge is 0.318 e. The predicted molar refractivity (Wildman–Crippen MR) is 82.5 cm³/mol. The van der Waals surface area contributed by atoms with Gasteiger partial charge >= 0.3 is 6.03 Å². The largest absolute Gasteiger partial charge is 0.333 e. The molecule has 6 heteroatoms. The third-order valence-electron chi connectivity index (χ3n) is 3.16. The first-order valence-electron chi connectivity index (χ1n) is 6.93. The lowest BCUT2D eigenvalue weighted by Gasteiger charge is -2.25. The summed E-state index contributed by atoms with van der Waals surface area (Å²) >= 11 is 3.45. The molecule has 0 atom stereocenters. The molecule has 0 bridgehead atoms. The molecule has 1 aromatic heterocycles. The number of carbonyl (C=O) groups is 1. The van der Waals surface area contributed by atoms with Crippen LogP contribution in [0.15, 0.2) is 23.0 Å². The number of imidazole rings is 1. The van der Waals surface area contributed by atoms with Crippen LogP contribution in [-0.4, -0.2) is 33.6 Å². The Morgan fingerprint density at radius 3 is 3.05 bits per heavy atom. The minimum absolute atomic E-state index is 0.0332. The van der Waals surface area contributed by atoms with Crippen LogP contribution < -0.4 is 5.32 Å². The van der Waals surface area contributed by atoms with E-state index in [9.17, 15) is 4.79 Å². The number of amides is 2. The Hall–Kier alpha value is -1.30. The van der Waals surface area contributed by atoms with Crippen molar-refractivity contribution in [3.8, 4) is 0 Å². The number of hydrogen-bond acceptors (Lipinski definition) is 2. The van der Waals surface area contributed by atoms with E-state index in [1.165, 1.54) is 0 Å². The average molecular weight is 341 g/mol. The van der Waals surface area contributed by atoms with Gasteiger partial charge in [-0.1, -0.05) is 35.9 Å². The van der Waals surface area contributed by atoms with Gasteiger partial charge in [0.25, 0.3) is 0 Å². The van der Waals surface area contributed by atoms with Crippen molar-refractivity contribution >= 4 is 22.0 Å². The molecule has 1 aliphatic heterocycles. The topological polar surface area (TPSA) is 50.2 Å². The van der Waals surface area contributed by atoms with Gasteiger partial charge in [0.15, 0.2) is 0 Å². The standard InChI is InChI=1S/C14H21BrN4O/c1-11(2)9-18-7-5-16-13(18)8-17-14(20)19-6-3-4-12(15)10-19/h4-5,7,11H,3,6,8-10H2,1-2H3,(H,17,20). The number of rotatable bonds is 4. The molecule has 2 heterocycles. The number of nitrogens with one attached hydrogen (secondary N) is 1. The maximum Gasteiger partial charge on any atom is 0.318 e. The van der Waals surface area contributed by atoms with Gasteiger partial charge < -0.3 is 14.8 Å². The van der Waals surface area contributed by atoms with Crippen molar-refractivity contribution in [1.29, 1.82) is 0 Å². The van der Waals surface area contributed by atoms with Gasteiger partial charge in [0.1, 0.15) is 5.82 Å². The summed E-state index contributed by atoms with van der Waals surface area (Å²) in [6.07, 6.45) is 6.75. The molecule has 0 aliphatic carbocycles. The summed E-state index contributed by atoms with van der Waals surface area (Å²) in [7, 11) is 0. The molecule has 2 amide bonds. The maximum absolute atomic E-state index is 12.1. The highest BCUT2D eigenvalue weighted by molar-refractivity contribution is 9.11. The van der Waals surface area contributed by atoms with Crippen LogP contribution in [0, 0.1) is 5.92 Å². The first-order valence-corrected chi connectivity index (χ1v) is 7.73. The molecule has 1 N–H and O–H groups in total. The monoisotopic (exact) mass is 340 g/mol. The summed E-state index contributed by atoms with van der Waals surface area (Å²) in [5, 5.41) is 2.94. The highest BCUT2D eigenvalue weighted by atomic mass is 79.9. The fraction of sp³-hybridized carbons (Fsp3) is 0.571. The van der Waals surface area contributed by atoms with Crippen LogP contribution in [-0.2, 0) is 13.1 Å². The van der Waals surface area contributed by atoms with E-state index in [0.717, 1.165) is 29.8 Å². The van der Waals surface area contributed by atoms with Crippen molar-refractivity contribution in [3.05, 3.63) is 28.8 Å². The number of aromatic nitrogens is 2. The second kappa shape index (κ2) is 6.92. The van der Waals surface area contributed by atoms with Crippen molar-refractivity contribution in [2.45, 2.75) is 33.4 Å². The number of halogens is 1. The Bertz CT molecular complexity index is 495. The number of urea groups is 1. The average Bonchev–Trinajstić information content (AvgIpc) is 2.82. The zero-order valence-electron chi connectivity index (χ0n) is 12.0. The van der Waals surface area contributed by atoms with E-state index in [4.69, 9.17) is 0 Å². The minimum atomic E-state index is -0.0332. The maximum atomic E-state index is 12.1. The van der Waals surface area contributed by atoms with Crippen LogP contribution in [0.1, 0.15) is 26.1 Å². The molecule has 0 unspecified atom stereocenters. The summed E-state index contributed by atoms with van der Waals surface area (Å²) in [6.45, 7) is 7.13. The number of nitrogens with zero attached hydrogens (tertiary/aromatic N) is 3. The highest BCUT2D eigenvalue weighted by Gasteiger charge is 2.17. The molecular formula is C14H21BrN4O. The Morgan fingerprint density at radius 1 is 1.55 bits per heavy atom. The van der Waals surface area contributed by atoms with Crippen LogP contribution in [0.5, 0.6) is 0 Å². The summed E-state index contributed by atoms with van der Waals surface area (Å²) in [4.78, 5) is 18.2. The van der Waals surface area contributed by atoms with Crippen LogP contribution in [0.25, 0.3) is 0 Å². The number of carbonyl (C=O) groups excluding carboxylic acids is 1. The molecule has 0 saturated carbocycles. The van der Waals surface area contributed by atoms with E-state index in [1.54, 1.807) is 11.1 Å². The van der Waals surface area contributed by atoms with Crippen LogP contribution >= 0.6 is 15.9 Å². The second-order valence-electron chi connectivity index (χ2n) is 5.41. The molecule has 0 radical (unpaired) electrons. The van der Waals surface area contributed by atoms with Gasteiger partial charge in [-0.05, 0) is 12.3 Å². The molecule has 0 spiro atoms. The zero-order chi connectivity index (χ0) is 14.5. The van der Waals surface area contributed by atoms with Crippen molar-refractivity contribution in [1.82, 2.24) is 19.8 Å². The molecule has 0 aromatic carbocycles. The molecule has 5 nitrogen and oxygen atoms in total. The van der Waals surface area contributed by atoms with Gasteiger partial charge in [0, 0.05) is 30.0 Å². The predicted octanol–water partition coefficient (Wildman–Crippen LogP) is 2.73. The van der Waals surface area contributed by atoms with E-state index >= 15 is 0 Å². The van der Waals surface area contributed by atoms with E-state index in [1.807, 2.05) is 6.20 Å². The first-order chi connectivity index (χ1) is 9.56. The lowest BCUT2D eigenvalue weighted by Crippen LogP contribution is -2.42. The van der Waals surface area contributed by atoms with Crippen molar-refractivity contribution < 1.29 is 4.79 Å². The summed E-state index contributed by atoms with van der Waals surface area (Å²) < 4.78 is 3.16. The van der Waals surface area contributed by atoms with E-state index in [0.29, 0.717) is 19.0 Å². The Labute approximate surface area is 128 Å². The Morgan fingerprint density at radius 2 is 2.35 bits per heavy atom. The zero-order valence-corrected chi connectivity index (χ0v) is 13.6. The lowest BCUT2D eigenvalue weighted by atomic mass is 10.2. The fourth-order valence-electron chi connectivity index (χ4n) is 2.21. The van der Waals surface area contributed by atoms with Gasteiger partial charge in [-0.3, -0.25) is 0 Å². The molecular weight excluding hydrogens is 320 g/mol. The molecule has 2 rings (SSSR count). The molecule has 0 fully saturated rings. The van der Waals surface area contributed by atoms with Gasteiger partial charge in [-0.2, -0.15) is 0 Å². The lowest BCUT2D eigenvalue weighted by molar-refractivity contribution is 0.201. The number of hydrogen-bond donors (Lipinski definition) is 1. The van der Waals surface area contributed by atoms with Crippen LogP contribution in [0.3, 0.4) is 0 Å². The van der Waals surface area contributed by atoms with Crippen molar-refractivity contribution in [3.63, 3.8) is 0 Å². The highest BCUT2D eigenvalue weighted by Crippen LogP contribution is 2.14. The SMILES string of the molecule is CC(C)Cn1ccnc1CNC(=O)N1CCC=C(Br)C1. The third kappa shape index (κ3) is 4.10. The fourth-order valence-corrected chi connectivity index (χ4v) is 2.74. The van der Waals surface area contributed by atoms with Gasteiger partial charge in [-0.25, -0.2) is 9.78 Å². The van der Waals surface area contributed by atoms with Crippen molar-refractivity contribution in [2.75, 3.05) is 13.1 Å². The van der Waals surface area contributed by atoms with Gasteiger partial charge in [0.05, 0.1) is 13.1 Å².